The fourth-order valence-electron chi connectivity index (χ4n) is 3.08. The van der Waals surface area contributed by atoms with Crippen LogP contribution < -0.4 is 0 Å². The van der Waals surface area contributed by atoms with Crippen molar-refractivity contribution in [2.75, 3.05) is 12.4 Å². The molecule has 2 amide bonds. The van der Waals surface area contributed by atoms with Crippen LogP contribution in [-0.4, -0.2) is 40.1 Å². The standard InChI is InChI=1S/C21H24ClFN2O3/c1-15-2-9-19(28-15)13-24(12-16-3-5-17(23)6-4-16)21(27)14-25(18-7-8-18)20(26)10-11-22/h2-6,9,18H,7-8,10-14H2,1H3. The summed E-state index contributed by atoms with van der Waals surface area (Å²) in [6, 6.07) is 9.85. The molecule has 1 aromatic carbocycles. The summed E-state index contributed by atoms with van der Waals surface area (Å²) in [6.45, 7) is 2.45. The number of hydrogen-bond donors (Lipinski definition) is 0. The average Bonchev–Trinajstić information content (AvgIpc) is 3.42. The molecule has 2 aromatic rings. The maximum absolute atomic E-state index is 13.2. The van der Waals surface area contributed by atoms with Crippen molar-refractivity contribution < 1.29 is 18.4 Å². The first-order valence-electron chi connectivity index (χ1n) is 9.39. The van der Waals surface area contributed by atoms with E-state index in [1.165, 1.54) is 12.1 Å². The number of rotatable bonds is 9. The summed E-state index contributed by atoms with van der Waals surface area (Å²) in [6.07, 6.45) is 2.05. The second-order valence-corrected chi connectivity index (χ2v) is 7.46. The van der Waals surface area contributed by atoms with Crippen LogP contribution in [0.15, 0.2) is 40.8 Å². The predicted molar refractivity (Wildman–Crippen MR) is 104 cm³/mol. The average molecular weight is 407 g/mol. The van der Waals surface area contributed by atoms with Crippen molar-refractivity contribution in [3.05, 3.63) is 59.3 Å². The van der Waals surface area contributed by atoms with Crippen LogP contribution in [-0.2, 0) is 22.7 Å². The van der Waals surface area contributed by atoms with Gasteiger partial charge in [0.05, 0.1) is 6.54 Å². The Morgan fingerprint density at radius 1 is 1.11 bits per heavy atom. The number of halogens is 2. The zero-order valence-corrected chi connectivity index (χ0v) is 16.6. The van der Waals surface area contributed by atoms with Gasteiger partial charge in [-0.25, -0.2) is 4.39 Å². The molecular weight excluding hydrogens is 383 g/mol. The molecule has 5 nitrogen and oxygen atoms in total. The van der Waals surface area contributed by atoms with Gasteiger partial charge in [0.15, 0.2) is 0 Å². The molecule has 7 heteroatoms. The fourth-order valence-corrected chi connectivity index (χ4v) is 3.24. The lowest BCUT2D eigenvalue weighted by atomic mass is 10.2. The van der Waals surface area contributed by atoms with Gasteiger partial charge in [0, 0.05) is 24.9 Å². The summed E-state index contributed by atoms with van der Waals surface area (Å²) in [5.74, 6) is 1.07. The molecule has 150 valence electrons. The van der Waals surface area contributed by atoms with Crippen molar-refractivity contribution >= 4 is 23.4 Å². The Morgan fingerprint density at radius 2 is 1.82 bits per heavy atom. The molecule has 1 heterocycles. The van der Waals surface area contributed by atoms with Gasteiger partial charge in [0.1, 0.15) is 23.9 Å². The van der Waals surface area contributed by atoms with E-state index in [2.05, 4.69) is 0 Å². The molecule has 28 heavy (non-hydrogen) atoms. The predicted octanol–water partition coefficient (Wildman–Crippen LogP) is 3.88. The van der Waals surface area contributed by atoms with Crippen molar-refractivity contribution in [3.8, 4) is 0 Å². The van der Waals surface area contributed by atoms with Gasteiger partial charge >= 0.3 is 0 Å². The van der Waals surface area contributed by atoms with Crippen LogP contribution in [0.1, 0.15) is 36.3 Å². The zero-order valence-electron chi connectivity index (χ0n) is 15.9. The maximum Gasteiger partial charge on any atom is 0.242 e. The van der Waals surface area contributed by atoms with Crippen LogP contribution in [0.5, 0.6) is 0 Å². The van der Waals surface area contributed by atoms with Crippen molar-refractivity contribution in [1.29, 1.82) is 0 Å². The summed E-state index contributed by atoms with van der Waals surface area (Å²) in [7, 11) is 0. The van der Waals surface area contributed by atoms with Crippen LogP contribution in [0, 0.1) is 12.7 Å². The minimum Gasteiger partial charge on any atom is -0.464 e. The lowest BCUT2D eigenvalue weighted by Crippen LogP contribution is -2.43. The number of amides is 2. The van der Waals surface area contributed by atoms with Crippen LogP contribution in [0.25, 0.3) is 0 Å². The van der Waals surface area contributed by atoms with Gasteiger partial charge in [0.2, 0.25) is 11.8 Å². The Morgan fingerprint density at radius 3 is 2.39 bits per heavy atom. The van der Waals surface area contributed by atoms with E-state index in [1.807, 2.05) is 19.1 Å². The Bertz CT molecular complexity index is 817. The second kappa shape index (κ2) is 9.24. The van der Waals surface area contributed by atoms with Crippen molar-refractivity contribution in [1.82, 2.24) is 9.80 Å². The minimum absolute atomic E-state index is 0.0152. The highest BCUT2D eigenvalue weighted by molar-refractivity contribution is 6.18. The molecule has 3 rings (SSSR count). The van der Waals surface area contributed by atoms with Gasteiger partial charge in [-0.15, -0.1) is 11.6 Å². The molecule has 0 unspecified atom stereocenters. The van der Waals surface area contributed by atoms with Crippen LogP contribution in [0.4, 0.5) is 4.39 Å². The first kappa shape index (κ1) is 20.4. The number of aryl methyl sites for hydroxylation is 1. The molecule has 1 saturated carbocycles. The molecule has 0 atom stereocenters. The van der Waals surface area contributed by atoms with E-state index in [4.69, 9.17) is 16.0 Å². The highest BCUT2D eigenvalue weighted by atomic mass is 35.5. The summed E-state index contributed by atoms with van der Waals surface area (Å²) >= 11 is 5.71. The Kier molecular flexibility index (Phi) is 6.73. The molecule has 1 aromatic heterocycles. The molecule has 0 N–H and O–H groups in total. The molecule has 1 aliphatic rings. The van der Waals surface area contributed by atoms with E-state index in [1.54, 1.807) is 21.9 Å². The molecule has 0 bridgehead atoms. The fraction of sp³-hybridized carbons (Fsp3) is 0.429. The van der Waals surface area contributed by atoms with Crippen LogP contribution in [0.2, 0.25) is 0 Å². The third-order valence-corrected chi connectivity index (χ3v) is 4.89. The number of benzene rings is 1. The zero-order chi connectivity index (χ0) is 20.1. The van der Waals surface area contributed by atoms with Gasteiger partial charge in [-0.3, -0.25) is 9.59 Å². The smallest absolute Gasteiger partial charge is 0.242 e. The van der Waals surface area contributed by atoms with Crippen molar-refractivity contribution in [3.63, 3.8) is 0 Å². The molecular formula is C21H24ClFN2O3. The lowest BCUT2D eigenvalue weighted by Gasteiger charge is -2.27. The first-order chi connectivity index (χ1) is 13.5. The van der Waals surface area contributed by atoms with Crippen molar-refractivity contribution in [2.45, 2.75) is 45.3 Å². The lowest BCUT2D eigenvalue weighted by molar-refractivity contribution is -0.141. The minimum atomic E-state index is -0.324. The Labute approximate surface area is 169 Å². The highest BCUT2D eigenvalue weighted by Gasteiger charge is 2.34. The SMILES string of the molecule is Cc1ccc(CN(Cc2ccc(F)cc2)C(=O)CN(C(=O)CCCl)C2CC2)o1. The van der Waals surface area contributed by atoms with E-state index in [9.17, 15) is 14.0 Å². The van der Waals surface area contributed by atoms with E-state index in [0.717, 1.165) is 24.2 Å². The number of furan rings is 1. The number of nitrogens with zero attached hydrogens (tertiary/aromatic N) is 2. The largest absolute Gasteiger partial charge is 0.464 e. The third kappa shape index (κ3) is 5.58. The number of alkyl halides is 1. The highest BCUT2D eigenvalue weighted by Crippen LogP contribution is 2.27. The number of carbonyl (C=O) groups is 2. The molecule has 0 spiro atoms. The van der Waals surface area contributed by atoms with Crippen LogP contribution in [0.3, 0.4) is 0 Å². The molecule has 0 saturated heterocycles. The molecule has 0 aliphatic heterocycles. The molecule has 0 radical (unpaired) electrons. The van der Waals surface area contributed by atoms with Gasteiger partial charge in [-0.05, 0) is 49.6 Å². The van der Waals surface area contributed by atoms with Gasteiger partial charge < -0.3 is 14.2 Å². The monoisotopic (exact) mass is 406 g/mol. The first-order valence-corrected chi connectivity index (χ1v) is 9.92. The van der Waals surface area contributed by atoms with Crippen molar-refractivity contribution in [2.24, 2.45) is 0 Å². The summed E-state index contributed by atoms with van der Waals surface area (Å²) in [5, 5.41) is 0. The topological polar surface area (TPSA) is 53.8 Å². The van der Waals surface area contributed by atoms with E-state index in [-0.39, 0.29) is 49.1 Å². The second-order valence-electron chi connectivity index (χ2n) is 7.08. The molecule has 1 aliphatic carbocycles. The third-order valence-electron chi connectivity index (χ3n) is 4.70. The Hall–Kier alpha value is -2.34. The van der Waals surface area contributed by atoms with E-state index in [0.29, 0.717) is 12.3 Å². The van der Waals surface area contributed by atoms with E-state index < -0.39 is 0 Å². The molecule has 1 fully saturated rings. The van der Waals surface area contributed by atoms with Gasteiger partial charge in [-0.2, -0.15) is 0 Å². The normalized spacial score (nSPS) is 13.4. The summed E-state index contributed by atoms with van der Waals surface area (Å²) in [5.41, 5.74) is 0.808. The van der Waals surface area contributed by atoms with E-state index >= 15 is 0 Å². The number of carbonyl (C=O) groups excluding carboxylic acids is 2. The Balaban J connectivity index is 1.74. The maximum atomic E-state index is 13.2. The van der Waals surface area contributed by atoms with Gasteiger partial charge in [0.25, 0.3) is 0 Å². The van der Waals surface area contributed by atoms with Gasteiger partial charge in [-0.1, -0.05) is 12.1 Å². The quantitative estimate of drug-likeness (QED) is 0.594. The summed E-state index contributed by atoms with van der Waals surface area (Å²) < 4.78 is 18.8. The van der Waals surface area contributed by atoms with Crippen LogP contribution >= 0.6 is 11.6 Å². The summed E-state index contributed by atoms with van der Waals surface area (Å²) in [4.78, 5) is 28.7. The number of hydrogen-bond acceptors (Lipinski definition) is 3.